The third-order valence-corrected chi connectivity index (χ3v) is 4.99. The van der Waals surface area contributed by atoms with Gasteiger partial charge in [-0.15, -0.1) is 0 Å². The zero-order chi connectivity index (χ0) is 20.8. The van der Waals surface area contributed by atoms with Gasteiger partial charge in [0.15, 0.2) is 0 Å². The van der Waals surface area contributed by atoms with Crippen LogP contribution in [-0.2, 0) is 13.0 Å². The lowest BCUT2D eigenvalue weighted by molar-refractivity contribution is 0.0954. The van der Waals surface area contributed by atoms with E-state index in [4.69, 9.17) is 16.7 Å². The zero-order valence-electron chi connectivity index (χ0n) is 16.3. The van der Waals surface area contributed by atoms with Gasteiger partial charge in [-0.05, 0) is 35.7 Å². The second-order valence-electron chi connectivity index (χ2n) is 6.95. The first kappa shape index (κ1) is 19.9. The lowest BCUT2D eigenvalue weighted by Crippen LogP contribution is -2.25. The van der Waals surface area contributed by atoms with Crippen LogP contribution in [0.4, 0.5) is 0 Å². The molecule has 0 fully saturated rings. The van der Waals surface area contributed by atoms with Gasteiger partial charge in [-0.3, -0.25) is 14.5 Å². The molecular weight excluding hydrogens is 396 g/mol. The molecule has 0 spiro atoms. The molecular formula is C24H21ClN4O. The van der Waals surface area contributed by atoms with E-state index in [1.54, 1.807) is 29.2 Å². The number of amides is 1. The molecule has 0 bridgehead atoms. The summed E-state index contributed by atoms with van der Waals surface area (Å²) in [7, 11) is 0. The molecule has 4 rings (SSSR count). The molecule has 4 aromatic rings. The fourth-order valence-electron chi connectivity index (χ4n) is 3.22. The summed E-state index contributed by atoms with van der Waals surface area (Å²) in [5.41, 5.74) is 4.23. The Morgan fingerprint density at radius 1 is 0.967 bits per heavy atom. The summed E-state index contributed by atoms with van der Waals surface area (Å²) in [5.74, 6) is -0.150. The van der Waals surface area contributed by atoms with Crippen molar-refractivity contribution in [3.8, 4) is 11.3 Å². The Balaban J connectivity index is 1.56. The molecule has 0 atom stereocenters. The van der Waals surface area contributed by atoms with Gasteiger partial charge < -0.3 is 5.32 Å². The third kappa shape index (κ3) is 4.93. The highest BCUT2D eigenvalue weighted by molar-refractivity contribution is 6.30. The number of pyridine rings is 1. The van der Waals surface area contributed by atoms with E-state index in [0.717, 1.165) is 16.7 Å². The van der Waals surface area contributed by atoms with E-state index in [1.165, 1.54) is 0 Å². The summed E-state index contributed by atoms with van der Waals surface area (Å²) in [6, 6.07) is 21.3. The summed E-state index contributed by atoms with van der Waals surface area (Å²) in [4.78, 5) is 17.1. The molecule has 5 nitrogen and oxygen atoms in total. The van der Waals surface area contributed by atoms with E-state index in [2.05, 4.69) is 10.3 Å². The van der Waals surface area contributed by atoms with E-state index in [0.29, 0.717) is 35.8 Å². The van der Waals surface area contributed by atoms with Gasteiger partial charge in [0.05, 0.1) is 12.1 Å². The number of hydrogen-bond acceptors (Lipinski definition) is 3. The maximum atomic E-state index is 13.0. The Hall–Kier alpha value is -3.44. The van der Waals surface area contributed by atoms with E-state index >= 15 is 0 Å². The molecule has 1 amide bonds. The van der Waals surface area contributed by atoms with Gasteiger partial charge in [0.1, 0.15) is 5.69 Å². The number of carbonyl (C=O) groups excluding carboxylic acids is 1. The molecule has 2 aromatic carbocycles. The number of hydrogen-bond donors (Lipinski definition) is 1. The van der Waals surface area contributed by atoms with Crippen molar-refractivity contribution in [3.63, 3.8) is 0 Å². The maximum absolute atomic E-state index is 13.0. The Morgan fingerprint density at radius 2 is 1.73 bits per heavy atom. The molecule has 150 valence electrons. The van der Waals surface area contributed by atoms with Gasteiger partial charge >= 0.3 is 0 Å². The third-order valence-electron chi connectivity index (χ3n) is 4.73. The molecule has 0 aliphatic heterocycles. The smallest absolute Gasteiger partial charge is 0.255 e. The number of nitrogens with zero attached hydrogens (tertiary/aromatic N) is 3. The normalized spacial score (nSPS) is 10.7. The first-order valence-corrected chi connectivity index (χ1v) is 10.1. The van der Waals surface area contributed by atoms with Gasteiger partial charge in [-0.1, -0.05) is 60.1 Å². The Bertz CT molecular complexity index is 1110. The Morgan fingerprint density at radius 3 is 2.47 bits per heavy atom. The molecule has 2 aromatic heterocycles. The van der Waals surface area contributed by atoms with Crippen molar-refractivity contribution in [3.05, 3.63) is 107 Å². The standard InChI is InChI=1S/C24H21ClN4O/c25-21-10-8-20(9-11-21)23-22(17-29(28-23)16-19-5-2-1-3-6-19)24(30)27-14-12-18-7-4-13-26-15-18/h1-11,13,15,17H,12,14,16H2,(H,27,30). The summed E-state index contributed by atoms with van der Waals surface area (Å²) in [6.07, 6.45) is 6.06. The molecule has 0 saturated heterocycles. The highest BCUT2D eigenvalue weighted by atomic mass is 35.5. The second-order valence-corrected chi connectivity index (χ2v) is 7.39. The predicted molar refractivity (Wildman–Crippen MR) is 118 cm³/mol. The SMILES string of the molecule is O=C(NCCc1cccnc1)c1cn(Cc2ccccc2)nc1-c1ccc(Cl)cc1. The van der Waals surface area contributed by atoms with Crippen LogP contribution in [0.1, 0.15) is 21.5 Å². The fraction of sp³-hybridized carbons (Fsp3) is 0.125. The van der Waals surface area contributed by atoms with Crippen LogP contribution in [-0.4, -0.2) is 27.2 Å². The van der Waals surface area contributed by atoms with E-state index in [1.807, 2.05) is 60.8 Å². The van der Waals surface area contributed by atoms with Crippen molar-refractivity contribution < 1.29 is 4.79 Å². The summed E-state index contributed by atoms with van der Waals surface area (Å²) < 4.78 is 1.80. The lowest BCUT2D eigenvalue weighted by atomic mass is 10.1. The first-order chi connectivity index (χ1) is 14.7. The van der Waals surface area contributed by atoms with E-state index in [-0.39, 0.29) is 5.91 Å². The van der Waals surface area contributed by atoms with Crippen molar-refractivity contribution in [2.24, 2.45) is 0 Å². The number of rotatable bonds is 7. The fourth-order valence-corrected chi connectivity index (χ4v) is 3.35. The minimum atomic E-state index is -0.150. The van der Waals surface area contributed by atoms with Crippen molar-refractivity contribution in [1.29, 1.82) is 0 Å². The molecule has 6 heteroatoms. The van der Waals surface area contributed by atoms with Crippen LogP contribution in [0.3, 0.4) is 0 Å². The van der Waals surface area contributed by atoms with Gasteiger partial charge in [0.2, 0.25) is 0 Å². The van der Waals surface area contributed by atoms with Crippen LogP contribution in [0.2, 0.25) is 5.02 Å². The summed E-state index contributed by atoms with van der Waals surface area (Å²) >= 11 is 6.03. The number of carbonyl (C=O) groups is 1. The van der Waals surface area contributed by atoms with Crippen molar-refractivity contribution in [1.82, 2.24) is 20.1 Å². The van der Waals surface area contributed by atoms with E-state index in [9.17, 15) is 4.79 Å². The van der Waals surface area contributed by atoms with Gasteiger partial charge in [-0.25, -0.2) is 0 Å². The summed E-state index contributed by atoms with van der Waals surface area (Å²) in [6.45, 7) is 1.11. The molecule has 2 heterocycles. The average molecular weight is 417 g/mol. The topological polar surface area (TPSA) is 59.8 Å². The predicted octanol–water partition coefficient (Wildman–Crippen LogP) is 4.62. The second kappa shape index (κ2) is 9.37. The minimum absolute atomic E-state index is 0.150. The molecule has 30 heavy (non-hydrogen) atoms. The Kier molecular flexibility index (Phi) is 6.20. The summed E-state index contributed by atoms with van der Waals surface area (Å²) in [5, 5.41) is 8.34. The molecule has 0 unspecified atom stereocenters. The van der Waals surface area contributed by atoms with Crippen LogP contribution < -0.4 is 5.32 Å². The highest BCUT2D eigenvalue weighted by Gasteiger charge is 2.18. The quantitative estimate of drug-likeness (QED) is 0.478. The number of aromatic nitrogens is 3. The van der Waals surface area contributed by atoms with Gasteiger partial charge in [0.25, 0.3) is 5.91 Å². The van der Waals surface area contributed by atoms with Gasteiger partial charge in [0, 0.05) is 35.7 Å². The monoisotopic (exact) mass is 416 g/mol. The van der Waals surface area contributed by atoms with Crippen LogP contribution in [0.25, 0.3) is 11.3 Å². The highest BCUT2D eigenvalue weighted by Crippen LogP contribution is 2.24. The Labute approximate surface area is 180 Å². The minimum Gasteiger partial charge on any atom is -0.352 e. The number of nitrogens with one attached hydrogen (secondary N) is 1. The van der Waals surface area contributed by atoms with Crippen LogP contribution in [0.5, 0.6) is 0 Å². The number of benzene rings is 2. The molecule has 0 radical (unpaired) electrons. The van der Waals surface area contributed by atoms with Gasteiger partial charge in [-0.2, -0.15) is 5.10 Å². The first-order valence-electron chi connectivity index (χ1n) is 9.73. The van der Waals surface area contributed by atoms with Crippen LogP contribution >= 0.6 is 11.6 Å². The average Bonchev–Trinajstić information content (AvgIpc) is 3.19. The number of halogens is 1. The van der Waals surface area contributed by atoms with Crippen molar-refractivity contribution in [2.45, 2.75) is 13.0 Å². The molecule has 1 N–H and O–H groups in total. The van der Waals surface area contributed by atoms with Crippen LogP contribution in [0.15, 0.2) is 85.3 Å². The molecule has 0 saturated carbocycles. The van der Waals surface area contributed by atoms with Crippen LogP contribution in [0, 0.1) is 0 Å². The van der Waals surface area contributed by atoms with Crippen molar-refractivity contribution >= 4 is 17.5 Å². The molecule has 0 aliphatic carbocycles. The lowest BCUT2D eigenvalue weighted by Gasteiger charge is -2.06. The maximum Gasteiger partial charge on any atom is 0.255 e. The largest absolute Gasteiger partial charge is 0.352 e. The van der Waals surface area contributed by atoms with E-state index < -0.39 is 0 Å². The van der Waals surface area contributed by atoms with Crippen molar-refractivity contribution in [2.75, 3.05) is 6.54 Å². The molecule has 0 aliphatic rings. The zero-order valence-corrected chi connectivity index (χ0v) is 17.1.